The maximum atomic E-state index is 12.7. The molecule has 0 unspecified atom stereocenters. The van der Waals surface area contributed by atoms with Crippen LogP contribution in [0.4, 0.5) is 0 Å². The van der Waals surface area contributed by atoms with Crippen LogP contribution in [0.25, 0.3) is 0 Å². The van der Waals surface area contributed by atoms with Crippen molar-refractivity contribution < 1.29 is 12.9 Å². The second-order valence-electron chi connectivity index (χ2n) is 8.47. The largest absolute Gasteiger partial charge is 0.364 e. The molecule has 8 nitrogen and oxygen atoms in total. The molecule has 9 heteroatoms. The molecule has 0 amide bonds. The summed E-state index contributed by atoms with van der Waals surface area (Å²) < 4.78 is 31.6. The van der Waals surface area contributed by atoms with Gasteiger partial charge in [0.15, 0.2) is 5.96 Å². The van der Waals surface area contributed by atoms with E-state index in [1.807, 2.05) is 0 Å². The number of rotatable bonds is 8. The Morgan fingerprint density at radius 3 is 2.52 bits per heavy atom. The van der Waals surface area contributed by atoms with Crippen molar-refractivity contribution in [2.24, 2.45) is 10.4 Å². The van der Waals surface area contributed by atoms with E-state index in [-0.39, 0.29) is 11.2 Å². The second-order valence-corrected chi connectivity index (χ2v) is 10.4. The van der Waals surface area contributed by atoms with E-state index in [2.05, 4.69) is 52.6 Å². The van der Waals surface area contributed by atoms with Crippen molar-refractivity contribution in [3.8, 4) is 0 Å². The Kier molecular flexibility index (Phi) is 6.62. The SMILES string of the molecule is CCNC(=NCC1(Cc2ccccc2)CC1)N1CCN(S(=O)(=O)Cc2ccon2)CC1. The Morgan fingerprint density at radius 1 is 1.16 bits per heavy atom. The number of benzene rings is 1. The molecule has 0 bridgehead atoms. The average Bonchev–Trinajstić information content (AvgIpc) is 3.34. The highest BCUT2D eigenvalue weighted by atomic mass is 32.2. The summed E-state index contributed by atoms with van der Waals surface area (Å²) in [5.74, 6) is 0.759. The molecule has 2 fully saturated rings. The highest BCUT2D eigenvalue weighted by molar-refractivity contribution is 7.88. The average molecular weight is 446 g/mol. The first-order valence-corrected chi connectivity index (χ1v) is 12.5. The number of sulfonamides is 1. The van der Waals surface area contributed by atoms with Gasteiger partial charge in [0, 0.05) is 45.3 Å². The van der Waals surface area contributed by atoms with Crippen LogP contribution in [0.5, 0.6) is 0 Å². The Hall–Kier alpha value is -2.39. The van der Waals surface area contributed by atoms with Crippen molar-refractivity contribution in [2.45, 2.75) is 31.9 Å². The first-order valence-electron chi connectivity index (χ1n) is 10.9. The minimum absolute atomic E-state index is 0.125. The lowest BCUT2D eigenvalue weighted by molar-refractivity contribution is 0.259. The molecule has 2 aromatic rings. The molecule has 1 aromatic carbocycles. The van der Waals surface area contributed by atoms with Gasteiger partial charge in [-0.3, -0.25) is 4.99 Å². The summed E-state index contributed by atoms with van der Waals surface area (Å²) in [5, 5.41) is 7.12. The number of aromatic nitrogens is 1. The molecule has 1 N–H and O–H groups in total. The van der Waals surface area contributed by atoms with Crippen LogP contribution >= 0.6 is 0 Å². The van der Waals surface area contributed by atoms with Crippen LogP contribution in [0.2, 0.25) is 0 Å². The summed E-state index contributed by atoms with van der Waals surface area (Å²) in [6, 6.07) is 12.2. The lowest BCUT2D eigenvalue weighted by Crippen LogP contribution is -2.54. The van der Waals surface area contributed by atoms with Gasteiger partial charge in [0.1, 0.15) is 12.0 Å². The molecule has 1 saturated carbocycles. The van der Waals surface area contributed by atoms with Crippen molar-refractivity contribution >= 4 is 16.0 Å². The minimum atomic E-state index is -3.40. The number of aliphatic imine (C=N–C) groups is 1. The van der Waals surface area contributed by atoms with Gasteiger partial charge in [0.05, 0.1) is 5.69 Å². The van der Waals surface area contributed by atoms with Gasteiger partial charge in [-0.15, -0.1) is 0 Å². The van der Waals surface area contributed by atoms with E-state index in [9.17, 15) is 8.42 Å². The number of nitrogens with one attached hydrogen (secondary N) is 1. The van der Waals surface area contributed by atoms with E-state index < -0.39 is 10.0 Å². The summed E-state index contributed by atoms with van der Waals surface area (Å²) in [4.78, 5) is 7.13. The zero-order chi connectivity index (χ0) is 21.7. The van der Waals surface area contributed by atoms with Gasteiger partial charge in [-0.25, -0.2) is 8.42 Å². The Balaban J connectivity index is 1.35. The van der Waals surface area contributed by atoms with Crippen LogP contribution in [-0.4, -0.2) is 68.0 Å². The molecule has 168 valence electrons. The Labute approximate surface area is 184 Å². The van der Waals surface area contributed by atoms with E-state index in [1.54, 1.807) is 10.4 Å². The molecule has 1 aromatic heterocycles. The van der Waals surface area contributed by atoms with Crippen molar-refractivity contribution in [3.63, 3.8) is 0 Å². The molecule has 1 aliphatic carbocycles. The van der Waals surface area contributed by atoms with Crippen molar-refractivity contribution in [3.05, 3.63) is 53.9 Å². The van der Waals surface area contributed by atoms with E-state index in [1.165, 1.54) is 24.7 Å². The molecule has 1 aliphatic heterocycles. The predicted octanol–water partition coefficient (Wildman–Crippen LogP) is 2.11. The number of nitrogens with zero attached hydrogens (tertiary/aromatic N) is 4. The van der Waals surface area contributed by atoms with E-state index in [4.69, 9.17) is 9.52 Å². The standard InChI is InChI=1S/C22H31N5O3S/c1-2-23-21(24-18-22(9-10-22)16-19-6-4-3-5-7-19)26-11-13-27(14-12-26)31(28,29)17-20-8-15-30-25-20/h3-8,15H,2,9-14,16-18H2,1H3,(H,23,24). The summed E-state index contributed by atoms with van der Waals surface area (Å²) in [6.45, 7) is 5.78. The fraction of sp³-hybridized carbons (Fsp3) is 0.545. The monoisotopic (exact) mass is 445 g/mol. The zero-order valence-electron chi connectivity index (χ0n) is 18.0. The molecule has 1 saturated heterocycles. The van der Waals surface area contributed by atoms with Crippen molar-refractivity contribution in [1.82, 2.24) is 19.7 Å². The smallest absolute Gasteiger partial charge is 0.220 e. The normalized spacial score (nSPS) is 19.4. The third kappa shape index (κ3) is 5.65. The third-order valence-corrected chi connectivity index (χ3v) is 7.84. The lowest BCUT2D eigenvalue weighted by atomic mass is 9.97. The first-order chi connectivity index (χ1) is 15.0. The molecular weight excluding hydrogens is 414 g/mol. The number of guanidine groups is 1. The number of piperazine rings is 1. The summed E-state index contributed by atoms with van der Waals surface area (Å²) >= 11 is 0. The van der Waals surface area contributed by atoms with E-state index in [0.717, 1.165) is 25.5 Å². The predicted molar refractivity (Wildman–Crippen MR) is 120 cm³/mol. The van der Waals surface area contributed by atoms with Crippen LogP contribution in [-0.2, 0) is 22.2 Å². The summed E-state index contributed by atoms with van der Waals surface area (Å²) in [5.41, 5.74) is 2.07. The fourth-order valence-corrected chi connectivity index (χ4v) is 5.46. The van der Waals surface area contributed by atoms with Crippen LogP contribution < -0.4 is 5.32 Å². The highest BCUT2D eigenvalue weighted by Crippen LogP contribution is 2.48. The molecule has 31 heavy (non-hydrogen) atoms. The first kappa shape index (κ1) is 21.8. The summed E-state index contributed by atoms with van der Waals surface area (Å²) in [6.07, 6.45) is 4.87. The molecule has 0 spiro atoms. The third-order valence-electron chi connectivity index (χ3n) is 6.03. The zero-order valence-corrected chi connectivity index (χ0v) is 18.9. The lowest BCUT2D eigenvalue weighted by Gasteiger charge is -2.36. The Morgan fingerprint density at radius 2 is 1.90 bits per heavy atom. The minimum Gasteiger partial charge on any atom is -0.364 e. The van der Waals surface area contributed by atoms with Gasteiger partial charge in [0.25, 0.3) is 0 Å². The van der Waals surface area contributed by atoms with Gasteiger partial charge in [-0.05, 0) is 37.2 Å². The number of hydrogen-bond acceptors (Lipinski definition) is 5. The van der Waals surface area contributed by atoms with Gasteiger partial charge in [-0.2, -0.15) is 4.31 Å². The van der Waals surface area contributed by atoms with Gasteiger partial charge in [0.2, 0.25) is 10.0 Å². The quantitative estimate of drug-likeness (QED) is 0.494. The van der Waals surface area contributed by atoms with Gasteiger partial charge in [-0.1, -0.05) is 35.5 Å². The van der Waals surface area contributed by atoms with Gasteiger partial charge >= 0.3 is 0 Å². The number of hydrogen-bond donors (Lipinski definition) is 1. The van der Waals surface area contributed by atoms with Crippen LogP contribution in [0.15, 0.2) is 52.2 Å². The van der Waals surface area contributed by atoms with E-state index in [0.29, 0.717) is 31.9 Å². The van der Waals surface area contributed by atoms with E-state index >= 15 is 0 Å². The maximum Gasteiger partial charge on any atom is 0.220 e. The molecule has 0 atom stereocenters. The molecular formula is C22H31N5O3S. The molecule has 0 radical (unpaired) electrons. The topological polar surface area (TPSA) is 91.0 Å². The molecule has 4 rings (SSSR count). The molecule has 2 heterocycles. The highest BCUT2D eigenvalue weighted by Gasteiger charge is 2.42. The fourth-order valence-electron chi connectivity index (χ4n) is 4.03. The van der Waals surface area contributed by atoms with Crippen molar-refractivity contribution in [2.75, 3.05) is 39.3 Å². The van der Waals surface area contributed by atoms with Crippen LogP contribution in [0, 0.1) is 5.41 Å². The Bertz CT molecular complexity index is 964. The maximum absolute atomic E-state index is 12.7. The van der Waals surface area contributed by atoms with Crippen LogP contribution in [0.3, 0.4) is 0 Å². The molecule has 2 aliphatic rings. The van der Waals surface area contributed by atoms with Crippen molar-refractivity contribution in [1.29, 1.82) is 0 Å². The second kappa shape index (κ2) is 9.40. The van der Waals surface area contributed by atoms with Crippen LogP contribution in [0.1, 0.15) is 31.0 Å². The van der Waals surface area contributed by atoms with Gasteiger partial charge < -0.3 is 14.7 Å². The summed E-state index contributed by atoms with van der Waals surface area (Å²) in [7, 11) is -3.40.